The average molecular weight is 289 g/mol. The number of rotatable bonds is 5. The molecule has 0 amide bonds. The van der Waals surface area contributed by atoms with Crippen LogP contribution >= 0.6 is 0 Å². The molecule has 0 bridgehead atoms. The van der Waals surface area contributed by atoms with Crippen LogP contribution in [0.2, 0.25) is 0 Å². The summed E-state index contributed by atoms with van der Waals surface area (Å²) in [5.41, 5.74) is -1.58. The summed E-state index contributed by atoms with van der Waals surface area (Å²) in [6.07, 6.45) is -4.49. The Kier molecular flexibility index (Phi) is 4.75. The molecule has 110 valence electrons. The molecule has 0 aliphatic carbocycles. The molecule has 1 unspecified atom stereocenters. The van der Waals surface area contributed by atoms with Crippen LogP contribution < -0.4 is 4.74 Å². The van der Waals surface area contributed by atoms with Gasteiger partial charge in [0.1, 0.15) is 5.69 Å². The van der Waals surface area contributed by atoms with Gasteiger partial charge in [-0.05, 0) is 25.5 Å². The van der Waals surface area contributed by atoms with Gasteiger partial charge in [-0.15, -0.1) is 0 Å². The van der Waals surface area contributed by atoms with Crippen LogP contribution in [0.3, 0.4) is 0 Å². The van der Waals surface area contributed by atoms with Gasteiger partial charge in [-0.1, -0.05) is 13.5 Å². The van der Waals surface area contributed by atoms with E-state index in [1.165, 1.54) is 0 Å². The van der Waals surface area contributed by atoms with Crippen LogP contribution in [0.1, 0.15) is 31.5 Å². The molecular weight excluding hydrogens is 275 g/mol. The highest BCUT2D eigenvalue weighted by molar-refractivity contribution is 6.15. The lowest BCUT2D eigenvalue weighted by Crippen LogP contribution is -2.16. The van der Waals surface area contributed by atoms with E-state index in [9.17, 15) is 18.0 Å². The van der Waals surface area contributed by atoms with Crippen LogP contribution in [0.25, 0.3) is 5.57 Å². The molecule has 0 aliphatic heterocycles. The van der Waals surface area contributed by atoms with Crippen molar-refractivity contribution in [3.63, 3.8) is 0 Å². The van der Waals surface area contributed by atoms with E-state index >= 15 is 0 Å². The van der Waals surface area contributed by atoms with Gasteiger partial charge in [0.25, 0.3) is 0 Å². The first-order valence-corrected chi connectivity index (χ1v) is 5.84. The van der Waals surface area contributed by atoms with Crippen LogP contribution in [0.15, 0.2) is 18.7 Å². The summed E-state index contributed by atoms with van der Waals surface area (Å²) < 4.78 is 43.1. The van der Waals surface area contributed by atoms with Crippen molar-refractivity contribution in [3.05, 3.63) is 30.0 Å². The number of hydrogen-bond acceptors (Lipinski definition) is 3. The lowest BCUT2D eigenvalue weighted by atomic mass is 10.1. The van der Waals surface area contributed by atoms with Crippen molar-refractivity contribution in [3.8, 4) is 5.88 Å². The number of carboxylic acid groups (broad SMARTS) is 1. The number of halogens is 3. The molecule has 1 aromatic heterocycles. The summed E-state index contributed by atoms with van der Waals surface area (Å²) in [6.45, 7) is 6.74. The summed E-state index contributed by atoms with van der Waals surface area (Å²) in [5, 5.41) is 8.88. The first-order chi connectivity index (χ1) is 9.16. The van der Waals surface area contributed by atoms with E-state index in [4.69, 9.17) is 9.84 Å². The summed E-state index contributed by atoms with van der Waals surface area (Å²) in [7, 11) is 0. The Bertz CT molecular complexity index is 526. The summed E-state index contributed by atoms with van der Waals surface area (Å²) in [5.74, 6) is -1.72. The third-order valence-corrected chi connectivity index (χ3v) is 2.62. The fourth-order valence-electron chi connectivity index (χ4n) is 1.31. The average Bonchev–Trinajstić information content (AvgIpc) is 2.36. The number of carboxylic acids is 1. The summed E-state index contributed by atoms with van der Waals surface area (Å²) in [6, 6.07) is 1.71. The first kappa shape index (κ1) is 16.0. The summed E-state index contributed by atoms with van der Waals surface area (Å²) in [4.78, 5) is 14.2. The van der Waals surface area contributed by atoms with Gasteiger partial charge in [0.05, 0.1) is 17.2 Å². The monoisotopic (exact) mass is 289 g/mol. The van der Waals surface area contributed by atoms with E-state index in [-0.39, 0.29) is 17.0 Å². The number of alkyl halides is 3. The smallest absolute Gasteiger partial charge is 0.433 e. The van der Waals surface area contributed by atoms with Crippen molar-refractivity contribution >= 4 is 11.5 Å². The predicted octanol–water partition coefficient (Wildman–Crippen LogP) is 3.38. The molecule has 0 fully saturated rings. The van der Waals surface area contributed by atoms with Crippen molar-refractivity contribution in [1.82, 2.24) is 4.98 Å². The quantitative estimate of drug-likeness (QED) is 0.844. The standard InChI is InChI=1S/C13H14F3NO3/c1-4-7(2)20-11-9(8(3)12(18)19)5-6-10(17-11)13(14,15)16/h5-7H,3-4H2,1-2H3,(H,18,19). The second-order valence-electron chi connectivity index (χ2n) is 4.17. The Hall–Kier alpha value is -2.05. The SMILES string of the molecule is C=C(C(=O)O)c1ccc(C(F)(F)F)nc1OC(C)CC. The molecule has 0 spiro atoms. The van der Waals surface area contributed by atoms with Crippen LogP contribution in [-0.4, -0.2) is 22.2 Å². The Labute approximate surface area is 113 Å². The normalized spacial score (nSPS) is 12.8. The highest BCUT2D eigenvalue weighted by Crippen LogP contribution is 2.32. The molecule has 0 aromatic carbocycles. The largest absolute Gasteiger partial charge is 0.478 e. The molecule has 4 nitrogen and oxygen atoms in total. The predicted molar refractivity (Wildman–Crippen MR) is 66.3 cm³/mol. The van der Waals surface area contributed by atoms with E-state index in [0.29, 0.717) is 12.5 Å². The van der Waals surface area contributed by atoms with Crippen molar-refractivity contribution in [1.29, 1.82) is 0 Å². The second kappa shape index (κ2) is 5.94. The molecule has 0 saturated heterocycles. The highest BCUT2D eigenvalue weighted by Gasteiger charge is 2.34. The number of hydrogen-bond donors (Lipinski definition) is 1. The molecule has 7 heteroatoms. The van der Waals surface area contributed by atoms with Crippen LogP contribution in [0, 0.1) is 0 Å². The zero-order chi connectivity index (χ0) is 15.5. The van der Waals surface area contributed by atoms with Gasteiger partial charge in [0.2, 0.25) is 5.88 Å². The maximum atomic E-state index is 12.6. The second-order valence-corrected chi connectivity index (χ2v) is 4.17. The van der Waals surface area contributed by atoms with Crippen LogP contribution in [-0.2, 0) is 11.0 Å². The fraction of sp³-hybridized carbons (Fsp3) is 0.385. The number of aliphatic carboxylic acids is 1. The molecule has 1 heterocycles. The molecular formula is C13H14F3NO3. The molecule has 0 saturated carbocycles. The lowest BCUT2D eigenvalue weighted by molar-refractivity contribution is -0.141. The third kappa shape index (κ3) is 3.72. The number of ether oxygens (including phenoxy) is 1. The number of nitrogens with zero attached hydrogens (tertiary/aromatic N) is 1. The zero-order valence-electron chi connectivity index (χ0n) is 11.0. The minimum Gasteiger partial charge on any atom is -0.478 e. The van der Waals surface area contributed by atoms with Crippen molar-refractivity contribution in [2.45, 2.75) is 32.5 Å². The topological polar surface area (TPSA) is 59.4 Å². The van der Waals surface area contributed by atoms with Gasteiger partial charge in [-0.3, -0.25) is 0 Å². The third-order valence-electron chi connectivity index (χ3n) is 2.62. The fourth-order valence-corrected chi connectivity index (χ4v) is 1.31. The van der Waals surface area contributed by atoms with Gasteiger partial charge in [0, 0.05) is 0 Å². The Morgan fingerprint density at radius 1 is 1.50 bits per heavy atom. The lowest BCUT2D eigenvalue weighted by Gasteiger charge is -2.16. The van der Waals surface area contributed by atoms with Gasteiger partial charge >= 0.3 is 12.1 Å². The number of carbonyl (C=O) groups is 1. The van der Waals surface area contributed by atoms with E-state index < -0.39 is 23.9 Å². The van der Waals surface area contributed by atoms with Gasteiger partial charge in [-0.2, -0.15) is 13.2 Å². The van der Waals surface area contributed by atoms with Gasteiger partial charge in [-0.25, -0.2) is 9.78 Å². The Balaban J connectivity index is 3.30. The van der Waals surface area contributed by atoms with E-state index in [1.807, 2.05) is 0 Å². The molecule has 0 radical (unpaired) electrons. The van der Waals surface area contributed by atoms with Gasteiger partial charge < -0.3 is 9.84 Å². The van der Waals surface area contributed by atoms with Crippen molar-refractivity contribution in [2.24, 2.45) is 0 Å². The van der Waals surface area contributed by atoms with Crippen molar-refractivity contribution in [2.75, 3.05) is 0 Å². The molecule has 20 heavy (non-hydrogen) atoms. The first-order valence-electron chi connectivity index (χ1n) is 5.84. The maximum absolute atomic E-state index is 12.6. The minimum absolute atomic E-state index is 0.0641. The minimum atomic E-state index is -4.63. The van der Waals surface area contributed by atoms with E-state index in [0.717, 1.165) is 6.07 Å². The Morgan fingerprint density at radius 3 is 2.55 bits per heavy atom. The number of aromatic nitrogens is 1. The highest BCUT2D eigenvalue weighted by atomic mass is 19.4. The Morgan fingerprint density at radius 2 is 2.10 bits per heavy atom. The van der Waals surface area contributed by atoms with E-state index in [2.05, 4.69) is 11.6 Å². The van der Waals surface area contributed by atoms with Crippen LogP contribution in [0.5, 0.6) is 5.88 Å². The van der Waals surface area contributed by atoms with Crippen molar-refractivity contribution < 1.29 is 27.8 Å². The molecule has 1 N–H and O–H groups in total. The summed E-state index contributed by atoms with van der Waals surface area (Å²) >= 11 is 0. The molecule has 1 aromatic rings. The maximum Gasteiger partial charge on any atom is 0.433 e. The zero-order valence-corrected chi connectivity index (χ0v) is 11.0. The van der Waals surface area contributed by atoms with Gasteiger partial charge in [0.15, 0.2) is 0 Å². The molecule has 1 rings (SSSR count). The van der Waals surface area contributed by atoms with Crippen LogP contribution in [0.4, 0.5) is 13.2 Å². The molecule has 0 aliphatic rings. The molecule has 1 atom stereocenters. The van der Waals surface area contributed by atoms with E-state index in [1.54, 1.807) is 13.8 Å². The number of pyridine rings is 1.